The summed E-state index contributed by atoms with van der Waals surface area (Å²) in [6.45, 7) is 9.09. The minimum atomic E-state index is -2.94. The molecule has 4 rings (SSSR count). The van der Waals surface area contributed by atoms with E-state index < -0.39 is 5.92 Å². The Morgan fingerprint density at radius 2 is 1.34 bits per heavy atom. The van der Waals surface area contributed by atoms with E-state index in [0.717, 1.165) is 31.1 Å². The van der Waals surface area contributed by atoms with Crippen molar-refractivity contribution in [2.75, 3.05) is 23.7 Å². The lowest BCUT2D eigenvalue weighted by Crippen LogP contribution is -2.39. The number of halogens is 2. The van der Waals surface area contributed by atoms with Crippen molar-refractivity contribution in [3.63, 3.8) is 0 Å². The Bertz CT molecular complexity index is 1020. The summed E-state index contributed by atoms with van der Waals surface area (Å²) in [5, 5.41) is 9.66. The zero-order chi connectivity index (χ0) is 22.9. The number of anilines is 4. The molecule has 0 spiro atoms. The van der Waals surface area contributed by atoms with Crippen LogP contribution in [-0.4, -0.2) is 28.0 Å². The van der Waals surface area contributed by atoms with Gasteiger partial charge in [0, 0.05) is 43.9 Å². The van der Waals surface area contributed by atoms with Gasteiger partial charge in [0.05, 0.1) is 0 Å². The minimum Gasteiger partial charge on any atom is -0.325 e. The predicted molar refractivity (Wildman–Crippen MR) is 123 cm³/mol. The fourth-order valence-corrected chi connectivity index (χ4v) is 3.44. The van der Waals surface area contributed by atoms with Gasteiger partial charge < -0.3 is 16.0 Å². The molecule has 1 aliphatic rings. The van der Waals surface area contributed by atoms with Crippen molar-refractivity contribution in [1.82, 2.24) is 20.3 Å². The number of hydrogen-bond acceptors (Lipinski definition) is 6. The lowest BCUT2D eigenvalue weighted by atomic mass is 9.88. The fourth-order valence-electron chi connectivity index (χ4n) is 3.44. The van der Waals surface area contributed by atoms with E-state index >= 15 is 0 Å². The Labute approximate surface area is 186 Å². The molecule has 0 amide bonds. The molecule has 6 nitrogen and oxygen atoms in total. The smallest absolute Gasteiger partial charge is 0.270 e. The summed E-state index contributed by atoms with van der Waals surface area (Å²) >= 11 is 0. The van der Waals surface area contributed by atoms with Crippen molar-refractivity contribution in [3.8, 4) is 0 Å². The molecule has 0 radical (unpaired) electrons. The standard InChI is InChI=1S/C24H28F2N6/c1-23(2,3)17-5-7-28-19(11-17)30-21-9-15(16-13-27-14-16)10-22(32-21)31-20-12-18(6-8-29-20)24(4,25)26/h5-12,16,27H,13-14H2,1-4H3,(H2,28,29,30,31,32). The number of pyridine rings is 3. The number of nitrogens with zero attached hydrogens (tertiary/aromatic N) is 3. The molecule has 3 aromatic heterocycles. The van der Waals surface area contributed by atoms with Gasteiger partial charge in [-0.2, -0.15) is 0 Å². The van der Waals surface area contributed by atoms with Crippen LogP contribution < -0.4 is 16.0 Å². The zero-order valence-corrected chi connectivity index (χ0v) is 18.7. The Balaban J connectivity index is 1.64. The van der Waals surface area contributed by atoms with Gasteiger partial charge in [0.25, 0.3) is 5.92 Å². The molecule has 0 aromatic carbocycles. The summed E-state index contributed by atoms with van der Waals surface area (Å²) < 4.78 is 27.4. The molecule has 1 aliphatic heterocycles. The molecular formula is C24H28F2N6. The highest BCUT2D eigenvalue weighted by Gasteiger charge is 2.25. The van der Waals surface area contributed by atoms with Crippen LogP contribution in [0.15, 0.2) is 48.8 Å². The van der Waals surface area contributed by atoms with E-state index in [-0.39, 0.29) is 11.0 Å². The first-order valence-electron chi connectivity index (χ1n) is 10.7. The van der Waals surface area contributed by atoms with Crippen molar-refractivity contribution in [1.29, 1.82) is 0 Å². The molecule has 0 bridgehead atoms. The van der Waals surface area contributed by atoms with Gasteiger partial charge in [-0.25, -0.2) is 23.7 Å². The van der Waals surface area contributed by atoms with E-state index in [1.54, 1.807) is 6.20 Å². The summed E-state index contributed by atoms with van der Waals surface area (Å²) in [5.74, 6) is -0.389. The largest absolute Gasteiger partial charge is 0.325 e. The summed E-state index contributed by atoms with van der Waals surface area (Å²) in [5.41, 5.74) is 2.16. The molecule has 3 N–H and O–H groups in total. The first-order chi connectivity index (χ1) is 15.1. The molecule has 1 fully saturated rings. The second-order valence-corrected chi connectivity index (χ2v) is 9.27. The van der Waals surface area contributed by atoms with E-state index in [1.807, 2.05) is 24.3 Å². The van der Waals surface area contributed by atoms with Gasteiger partial charge in [-0.1, -0.05) is 20.8 Å². The molecule has 3 aromatic rings. The van der Waals surface area contributed by atoms with E-state index in [1.165, 1.54) is 18.3 Å². The SMILES string of the molecule is CC(C)(C)c1ccnc(Nc2cc(C3CNC3)cc(Nc3cc(C(C)(F)F)ccn3)n2)c1. The van der Waals surface area contributed by atoms with Gasteiger partial charge in [-0.3, -0.25) is 0 Å². The molecule has 4 heterocycles. The third-order valence-corrected chi connectivity index (χ3v) is 5.51. The van der Waals surface area contributed by atoms with Crippen molar-refractivity contribution in [3.05, 3.63) is 65.5 Å². The highest BCUT2D eigenvalue weighted by atomic mass is 19.3. The van der Waals surface area contributed by atoms with Crippen molar-refractivity contribution < 1.29 is 8.78 Å². The summed E-state index contributed by atoms with van der Waals surface area (Å²) in [6.07, 6.45) is 3.15. The van der Waals surface area contributed by atoms with E-state index in [9.17, 15) is 8.78 Å². The monoisotopic (exact) mass is 438 g/mol. The maximum atomic E-state index is 13.7. The Morgan fingerprint density at radius 3 is 1.81 bits per heavy atom. The summed E-state index contributed by atoms with van der Waals surface area (Å²) in [4.78, 5) is 13.2. The molecule has 8 heteroatoms. The van der Waals surface area contributed by atoms with Crippen molar-refractivity contribution in [2.45, 2.75) is 45.0 Å². The van der Waals surface area contributed by atoms with Crippen molar-refractivity contribution in [2.24, 2.45) is 0 Å². The third kappa shape index (κ3) is 5.19. The molecule has 1 saturated heterocycles. The van der Waals surface area contributed by atoms with Crippen LogP contribution in [0.3, 0.4) is 0 Å². The molecule has 0 aliphatic carbocycles. The van der Waals surface area contributed by atoms with Crippen LogP contribution in [0.25, 0.3) is 0 Å². The van der Waals surface area contributed by atoms with Crippen LogP contribution in [0.4, 0.5) is 32.1 Å². The second-order valence-electron chi connectivity index (χ2n) is 9.27. The highest BCUT2D eigenvalue weighted by Crippen LogP contribution is 2.31. The van der Waals surface area contributed by atoms with Gasteiger partial charge in [0.15, 0.2) is 0 Å². The quantitative estimate of drug-likeness (QED) is 0.475. The Hall–Kier alpha value is -3.13. The third-order valence-electron chi connectivity index (χ3n) is 5.51. The Morgan fingerprint density at radius 1 is 0.812 bits per heavy atom. The Kier molecular flexibility index (Phi) is 5.81. The molecule has 168 valence electrons. The number of aromatic nitrogens is 3. The zero-order valence-electron chi connectivity index (χ0n) is 18.7. The predicted octanol–water partition coefficient (Wildman–Crippen LogP) is 5.45. The van der Waals surface area contributed by atoms with Gasteiger partial charge in [0.1, 0.15) is 23.3 Å². The second kappa shape index (κ2) is 8.43. The number of nitrogens with one attached hydrogen (secondary N) is 3. The maximum absolute atomic E-state index is 13.7. The minimum absolute atomic E-state index is 0.00299. The van der Waals surface area contributed by atoms with Crippen LogP contribution in [0.2, 0.25) is 0 Å². The first kappa shape index (κ1) is 22.1. The molecule has 0 atom stereocenters. The first-order valence-corrected chi connectivity index (χ1v) is 10.7. The van der Waals surface area contributed by atoms with Crippen LogP contribution in [0.5, 0.6) is 0 Å². The number of rotatable bonds is 6. The highest BCUT2D eigenvalue weighted by molar-refractivity contribution is 5.61. The number of hydrogen-bond donors (Lipinski definition) is 3. The van der Waals surface area contributed by atoms with Gasteiger partial charge in [0.2, 0.25) is 0 Å². The average Bonchev–Trinajstić information content (AvgIpc) is 2.65. The molecular weight excluding hydrogens is 410 g/mol. The van der Waals surface area contributed by atoms with E-state index in [0.29, 0.717) is 29.2 Å². The lowest BCUT2D eigenvalue weighted by Gasteiger charge is -2.28. The van der Waals surface area contributed by atoms with Crippen LogP contribution in [-0.2, 0) is 11.3 Å². The van der Waals surface area contributed by atoms with Gasteiger partial charge in [-0.05, 0) is 52.9 Å². The van der Waals surface area contributed by atoms with E-state index in [2.05, 4.69) is 51.7 Å². The molecule has 0 unspecified atom stereocenters. The topological polar surface area (TPSA) is 74.8 Å². The summed E-state index contributed by atoms with van der Waals surface area (Å²) in [7, 11) is 0. The van der Waals surface area contributed by atoms with Crippen LogP contribution in [0, 0.1) is 0 Å². The molecule has 0 saturated carbocycles. The fraction of sp³-hybridized carbons (Fsp3) is 0.375. The van der Waals surface area contributed by atoms with Gasteiger partial charge >= 0.3 is 0 Å². The van der Waals surface area contributed by atoms with Crippen LogP contribution >= 0.6 is 0 Å². The summed E-state index contributed by atoms with van der Waals surface area (Å²) in [6, 6.07) is 10.6. The average molecular weight is 439 g/mol. The number of alkyl halides is 2. The van der Waals surface area contributed by atoms with Crippen molar-refractivity contribution >= 4 is 23.3 Å². The molecule has 32 heavy (non-hydrogen) atoms. The van der Waals surface area contributed by atoms with Gasteiger partial charge in [-0.15, -0.1) is 0 Å². The normalized spacial score (nSPS) is 14.7. The van der Waals surface area contributed by atoms with E-state index in [4.69, 9.17) is 0 Å². The van der Waals surface area contributed by atoms with Crippen LogP contribution in [0.1, 0.15) is 50.3 Å². The lowest BCUT2D eigenvalue weighted by molar-refractivity contribution is 0.0174. The maximum Gasteiger partial charge on any atom is 0.270 e.